The standard InChI is InChI=1S/C14H19NO6S2/c1-9-14(2,3)11-8-10(4-6-12(11)15-9)5-7-13(22(16,17)18)23(19,20)21/h4,6,8,13H,5,7H2,1-3H3,(H,16,17,18)(H,19,20,21). The first-order chi connectivity index (χ1) is 10.3. The fourth-order valence-electron chi connectivity index (χ4n) is 2.59. The van der Waals surface area contributed by atoms with Gasteiger partial charge in [-0.1, -0.05) is 26.0 Å². The third-order valence-corrected chi connectivity index (χ3v) is 7.52. The number of hydrogen-bond acceptors (Lipinski definition) is 5. The molecule has 0 amide bonds. The van der Waals surface area contributed by atoms with Gasteiger partial charge in [-0.3, -0.25) is 14.1 Å². The molecule has 0 unspecified atom stereocenters. The smallest absolute Gasteiger partial charge is 0.284 e. The summed E-state index contributed by atoms with van der Waals surface area (Å²) >= 11 is 0. The molecule has 1 aromatic carbocycles. The number of nitrogens with zero attached hydrogens (tertiary/aromatic N) is 1. The van der Waals surface area contributed by atoms with Crippen molar-refractivity contribution in [1.29, 1.82) is 0 Å². The lowest BCUT2D eigenvalue weighted by molar-refractivity contribution is 0.450. The van der Waals surface area contributed by atoms with E-state index in [2.05, 4.69) is 4.99 Å². The van der Waals surface area contributed by atoms with Crippen LogP contribution in [0, 0.1) is 0 Å². The van der Waals surface area contributed by atoms with Crippen LogP contribution in [0.25, 0.3) is 0 Å². The average molecular weight is 361 g/mol. The fourth-order valence-corrected chi connectivity index (χ4v) is 4.65. The van der Waals surface area contributed by atoms with Crippen LogP contribution in [0.2, 0.25) is 0 Å². The Morgan fingerprint density at radius 2 is 1.70 bits per heavy atom. The molecule has 0 saturated carbocycles. The zero-order valence-electron chi connectivity index (χ0n) is 13.0. The summed E-state index contributed by atoms with van der Waals surface area (Å²) in [5, 5.41) is 0. The van der Waals surface area contributed by atoms with Crippen molar-refractivity contribution in [1.82, 2.24) is 0 Å². The minimum absolute atomic E-state index is 0.0760. The van der Waals surface area contributed by atoms with Crippen LogP contribution >= 0.6 is 0 Å². The van der Waals surface area contributed by atoms with Crippen LogP contribution in [0.1, 0.15) is 38.3 Å². The van der Waals surface area contributed by atoms with Crippen LogP contribution in [0.4, 0.5) is 5.69 Å². The molecule has 1 aromatic rings. The predicted molar refractivity (Wildman–Crippen MR) is 87.4 cm³/mol. The van der Waals surface area contributed by atoms with E-state index in [-0.39, 0.29) is 11.8 Å². The van der Waals surface area contributed by atoms with E-state index in [4.69, 9.17) is 9.11 Å². The summed E-state index contributed by atoms with van der Waals surface area (Å²) in [5.41, 5.74) is 3.22. The van der Waals surface area contributed by atoms with E-state index < -0.39 is 31.2 Å². The fraction of sp³-hybridized carbons (Fsp3) is 0.500. The molecule has 0 radical (unpaired) electrons. The van der Waals surface area contributed by atoms with Crippen molar-refractivity contribution in [2.24, 2.45) is 4.99 Å². The monoisotopic (exact) mass is 361 g/mol. The van der Waals surface area contributed by atoms with Gasteiger partial charge in [0.2, 0.25) is 4.58 Å². The van der Waals surface area contributed by atoms with E-state index >= 15 is 0 Å². The van der Waals surface area contributed by atoms with Crippen molar-refractivity contribution in [3.05, 3.63) is 29.3 Å². The van der Waals surface area contributed by atoms with Gasteiger partial charge in [-0.25, -0.2) is 0 Å². The molecule has 1 aliphatic heterocycles. The molecule has 1 heterocycles. The second kappa shape index (κ2) is 5.66. The van der Waals surface area contributed by atoms with Gasteiger partial charge in [0.1, 0.15) is 0 Å². The molecule has 128 valence electrons. The van der Waals surface area contributed by atoms with Crippen molar-refractivity contribution in [3.8, 4) is 0 Å². The molecule has 23 heavy (non-hydrogen) atoms. The first kappa shape index (κ1) is 18.1. The SMILES string of the molecule is CC1=Nc2ccc(CCC(S(=O)(=O)O)S(=O)(=O)O)cc2C1(C)C. The summed E-state index contributed by atoms with van der Waals surface area (Å²) in [7, 11) is -9.79. The number of aliphatic imine (C=N–C) groups is 1. The third kappa shape index (κ3) is 3.63. The Hall–Kier alpha value is -1.29. The zero-order chi connectivity index (χ0) is 17.6. The summed E-state index contributed by atoms with van der Waals surface area (Å²) in [4.78, 5) is 4.46. The molecule has 1 aliphatic rings. The molecule has 0 atom stereocenters. The van der Waals surface area contributed by atoms with Crippen LogP contribution in [0.15, 0.2) is 23.2 Å². The van der Waals surface area contributed by atoms with Crippen LogP contribution in [0.3, 0.4) is 0 Å². The average Bonchev–Trinajstić information content (AvgIpc) is 2.58. The van der Waals surface area contributed by atoms with Crippen molar-refractivity contribution in [3.63, 3.8) is 0 Å². The molecule has 0 aliphatic carbocycles. The highest BCUT2D eigenvalue weighted by molar-refractivity contribution is 8.03. The number of benzene rings is 1. The molecule has 9 heteroatoms. The lowest BCUT2D eigenvalue weighted by atomic mass is 9.81. The molecule has 0 spiro atoms. The van der Waals surface area contributed by atoms with E-state index in [1.807, 2.05) is 26.8 Å². The van der Waals surface area contributed by atoms with Crippen molar-refractivity contribution < 1.29 is 25.9 Å². The molecule has 0 bridgehead atoms. The predicted octanol–water partition coefficient (Wildman–Crippen LogP) is 2.10. The highest BCUT2D eigenvalue weighted by Crippen LogP contribution is 2.40. The van der Waals surface area contributed by atoms with Gasteiger partial charge in [-0.2, -0.15) is 16.8 Å². The highest BCUT2D eigenvalue weighted by atomic mass is 32.3. The first-order valence-electron chi connectivity index (χ1n) is 6.95. The molecule has 2 N–H and O–H groups in total. The quantitative estimate of drug-likeness (QED) is 0.775. The topological polar surface area (TPSA) is 121 Å². The van der Waals surface area contributed by atoms with Crippen LogP contribution in [-0.2, 0) is 32.1 Å². The van der Waals surface area contributed by atoms with Gasteiger partial charge in [-0.05, 0) is 37.0 Å². The molecule has 0 saturated heterocycles. The highest BCUT2D eigenvalue weighted by Gasteiger charge is 2.36. The third-order valence-electron chi connectivity index (χ3n) is 4.26. The second-order valence-electron chi connectivity index (χ2n) is 6.17. The Morgan fingerprint density at radius 1 is 1.13 bits per heavy atom. The summed E-state index contributed by atoms with van der Waals surface area (Å²) in [6.07, 6.45) is -0.358. The summed E-state index contributed by atoms with van der Waals surface area (Å²) in [6.45, 7) is 5.95. The molecule has 2 rings (SSSR count). The molecule has 7 nitrogen and oxygen atoms in total. The Morgan fingerprint density at radius 3 is 2.22 bits per heavy atom. The van der Waals surface area contributed by atoms with E-state index in [0.717, 1.165) is 17.0 Å². The molecular formula is C14H19NO6S2. The molecular weight excluding hydrogens is 342 g/mol. The minimum atomic E-state index is -4.90. The Bertz CT molecular complexity index is 837. The molecule has 0 fully saturated rings. The summed E-state index contributed by atoms with van der Waals surface area (Å²) in [5.74, 6) is 0. The first-order valence-corrected chi connectivity index (χ1v) is 9.96. The zero-order valence-corrected chi connectivity index (χ0v) is 14.6. The van der Waals surface area contributed by atoms with Crippen LogP contribution in [-0.4, -0.2) is 36.2 Å². The van der Waals surface area contributed by atoms with Gasteiger partial charge >= 0.3 is 0 Å². The van der Waals surface area contributed by atoms with E-state index in [1.54, 1.807) is 12.1 Å². The Labute approximate surface area is 135 Å². The largest absolute Gasteiger partial charge is 0.284 e. The van der Waals surface area contributed by atoms with Gasteiger partial charge in [0.15, 0.2) is 0 Å². The minimum Gasteiger partial charge on any atom is -0.284 e. The maximum atomic E-state index is 11.1. The summed E-state index contributed by atoms with van der Waals surface area (Å²) in [6, 6.07) is 5.36. The van der Waals surface area contributed by atoms with Gasteiger partial charge in [0, 0.05) is 11.1 Å². The summed E-state index contributed by atoms with van der Waals surface area (Å²) < 4.78 is 60.2. The van der Waals surface area contributed by atoms with Crippen molar-refractivity contribution >= 4 is 31.6 Å². The van der Waals surface area contributed by atoms with Crippen molar-refractivity contribution in [2.45, 2.75) is 43.6 Å². The number of fused-ring (bicyclic) bond motifs is 1. The maximum Gasteiger partial charge on any atom is 0.284 e. The van der Waals surface area contributed by atoms with Gasteiger partial charge < -0.3 is 0 Å². The Kier molecular flexibility index (Phi) is 4.44. The normalized spacial score (nSPS) is 17.2. The van der Waals surface area contributed by atoms with Crippen molar-refractivity contribution in [2.75, 3.05) is 0 Å². The number of rotatable bonds is 5. The maximum absolute atomic E-state index is 11.1. The Balaban J connectivity index is 2.26. The number of hydrogen-bond donors (Lipinski definition) is 2. The van der Waals surface area contributed by atoms with Crippen LogP contribution < -0.4 is 0 Å². The van der Waals surface area contributed by atoms with Gasteiger partial charge in [0.25, 0.3) is 20.2 Å². The lowest BCUT2D eigenvalue weighted by Gasteiger charge is -2.20. The van der Waals surface area contributed by atoms with Crippen LogP contribution in [0.5, 0.6) is 0 Å². The van der Waals surface area contributed by atoms with E-state index in [1.165, 1.54) is 0 Å². The van der Waals surface area contributed by atoms with Gasteiger partial charge in [-0.15, -0.1) is 0 Å². The molecule has 0 aromatic heterocycles. The van der Waals surface area contributed by atoms with E-state index in [9.17, 15) is 16.8 Å². The number of aryl methyl sites for hydroxylation is 1. The van der Waals surface area contributed by atoms with Gasteiger partial charge in [0.05, 0.1) is 5.69 Å². The van der Waals surface area contributed by atoms with E-state index in [0.29, 0.717) is 5.56 Å². The lowest BCUT2D eigenvalue weighted by Crippen LogP contribution is -2.30. The second-order valence-corrected chi connectivity index (χ2v) is 9.67.